The second-order valence-corrected chi connectivity index (χ2v) is 9.11. The van der Waals surface area contributed by atoms with Crippen molar-refractivity contribution < 1.29 is 18.8 Å². The fourth-order valence-electron chi connectivity index (χ4n) is 4.82. The average molecular weight is 469 g/mol. The normalized spacial score (nSPS) is 21.2. The second kappa shape index (κ2) is 8.26. The summed E-state index contributed by atoms with van der Waals surface area (Å²) in [4.78, 5) is 44.0. The molecular weight excluding hydrogens is 447 g/mol. The molecule has 0 bridgehead atoms. The Morgan fingerprint density at radius 1 is 1.27 bits per heavy atom. The number of carbonyl (C=O) groups excluding carboxylic acids is 3. The average Bonchev–Trinajstić information content (AvgIpc) is 3.30. The van der Waals surface area contributed by atoms with Crippen LogP contribution in [0.1, 0.15) is 29.3 Å². The second-order valence-electron chi connectivity index (χ2n) is 8.70. The predicted molar refractivity (Wildman–Crippen MR) is 120 cm³/mol. The van der Waals surface area contributed by atoms with Gasteiger partial charge in [0.1, 0.15) is 18.4 Å². The highest BCUT2D eigenvalue weighted by molar-refractivity contribution is 6.30. The zero-order valence-electron chi connectivity index (χ0n) is 17.9. The van der Waals surface area contributed by atoms with Gasteiger partial charge in [0.2, 0.25) is 11.8 Å². The largest absolute Gasteiger partial charge is 0.350 e. The van der Waals surface area contributed by atoms with Crippen molar-refractivity contribution in [2.24, 2.45) is 11.8 Å². The van der Waals surface area contributed by atoms with Gasteiger partial charge in [-0.25, -0.2) is 4.39 Å². The number of fused-ring (bicyclic) bond motifs is 2. The van der Waals surface area contributed by atoms with E-state index in [0.29, 0.717) is 29.1 Å². The fraction of sp³-hybridized carbons (Fsp3) is 0.333. The Hall–Kier alpha value is -3.26. The summed E-state index contributed by atoms with van der Waals surface area (Å²) in [6.07, 6.45) is 5.80. The third kappa shape index (κ3) is 3.88. The number of likely N-dealkylation sites (tertiary alicyclic amines) is 1. The molecule has 0 unspecified atom stereocenters. The van der Waals surface area contributed by atoms with Gasteiger partial charge >= 0.3 is 0 Å². The van der Waals surface area contributed by atoms with Crippen LogP contribution < -0.4 is 5.32 Å². The topological polar surface area (TPSA) is 84.3 Å². The van der Waals surface area contributed by atoms with E-state index in [2.05, 4.69) is 10.3 Å². The van der Waals surface area contributed by atoms with Crippen LogP contribution in [0.3, 0.4) is 0 Å². The lowest BCUT2D eigenvalue weighted by Crippen LogP contribution is -2.49. The van der Waals surface area contributed by atoms with Crippen LogP contribution in [0.2, 0.25) is 5.02 Å². The maximum Gasteiger partial charge on any atom is 0.243 e. The molecule has 170 valence electrons. The van der Waals surface area contributed by atoms with Crippen LogP contribution in [-0.2, 0) is 22.7 Å². The van der Waals surface area contributed by atoms with Crippen molar-refractivity contribution in [2.75, 3.05) is 6.54 Å². The third-order valence-corrected chi connectivity index (χ3v) is 6.88. The van der Waals surface area contributed by atoms with Crippen LogP contribution in [0.15, 0.2) is 42.9 Å². The summed E-state index contributed by atoms with van der Waals surface area (Å²) in [6.45, 7) is 2.00. The summed E-state index contributed by atoms with van der Waals surface area (Å²) >= 11 is 5.82. The number of carbonyl (C=O) groups is 3. The number of nitrogens with zero attached hydrogens (tertiary/aromatic N) is 3. The molecule has 9 heteroatoms. The number of amides is 2. The van der Waals surface area contributed by atoms with Crippen LogP contribution in [0.25, 0.3) is 10.9 Å². The molecular formula is C24H22ClFN4O3. The highest BCUT2D eigenvalue weighted by atomic mass is 35.5. The van der Waals surface area contributed by atoms with E-state index in [1.54, 1.807) is 46.3 Å². The number of halogens is 2. The Balaban J connectivity index is 1.32. The van der Waals surface area contributed by atoms with Gasteiger partial charge in [0.05, 0.1) is 16.7 Å². The molecule has 1 saturated heterocycles. The number of benzene rings is 1. The molecule has 7 nitrogen and oxygen atoms in total. The quantitative estimate of drug-likeness (QED) is 0.563. The van der Waals surface area contributed by atoms with E-state index in [4.69, 9.17) is 11.6 Å². The lowest BCUT2D eigenvalue weighted by molar-refractivity contribution is -0.140. The van der Waals surface area contributed by atoms with E-state index in [-0.39, 0.29) is 41.6 Å². The zero-order valence-corrected chi connectivity index (χ0v) is 18.7. The first-order valence-electron chi connectivity index (χ1n) is 10.8. The Kier molecular flexibility index (Phi) is 5.40. The minimum atomic E-state index is -0.586. The Bertz CT molecular complexity index is 1290. The lowest BCUT2D eigenvalue weighted by Gasteiger charge is -2.27. The SMILES string of the molecule is CC(=O)c1cn(CC(=O)N2C[C@@H]3C[C@@H]3[C@H]2C(=O)NCc2cccc(Cl)c2F)c2cnccc12. The molecule has 0 spiro atoms. The van der Waals surface area contributed by atoms with Crippen LogP contribution in [0.4, 0.5) is 4.39 Å². The van der Waals surface area contributed by atoms with Crippen LogP contribution >= 0.6 is 11.6 Å². The Morgan fingerprint density at radius 2 is 2.09 bits per heavy atom. The number of Topliss-reactive ketones (excluding diaryl/α,β-unsaturated/α-hetero) is 1. The van der Waals surface area contributed by atoms with Crippen molar-refractivity contribution in [1.82, 2.24) is 19.8 Å². The number of piperidine rings is 1. The van der Waals surface area contributed by atoms with Gasteiger partial charge in [-0.15, -0.1) is 0 Å². The van der Waals surface area contributed by atoms with Gasteiger partial charge in [0.25, 0.3) is 0 Å². The summed E-state index contributed by atoms with van der Waals surface area (Å²) in [5.41, 5.74) is 1.52. The van der Waals surface area contributed by atoms with Gasteiger partial charge in [-0.3, -0.25) is 19.4 Å². The molecule has 33 heavy (non-hydrogen) atoms. The molecule has 2 amide bonds. The molecule has 1 aliphatic carbocycles. The number of aromatic nitrogens is 2. The number of pyridine rings is 1. The van der Waals surface area contributed by atoms with E-state index in [1.807, 2.05) is 0 Å². The minimum absolute atomic E-state index is 0.0000424. The molecule has 2 aliphatic rings. The first-order chi connectivity index (χ1) is 15.8. The zero-order chi connectivity index (χ0) is 23.3. The van der Waals surface area contributed by atoms with Crippen LogP contribution in [-0.4, -0.2) is 44.6 Å². The predicted octanol–water partition coefficient (Wildman–Crippen LogP) is 3.19. The molecule has 1 aromatic carbocycles. The summed E-state index contributed by atoms with van der Waals surface area (Å²) < 4.78 is 15.9. The number of nitrogens with one attached hydrogen (secondary N) is 1. The number of ketones is 1. The molecule has 3 atom stereocenters. The summed E-state index contributed by atoms with van der Waals surface area (Å²) in [5, 5.41) is 3.51. The highest BCUT2D eigenvalue weighted by Crippen LogP contribution is 2.49. The summed E-state index contributed by atoms with van der Waals surface area (Å²) in [6, 6.07) is 5.81. The van der Waals surface area contributed by atoms with Crippen molar-refractivity contribution >= 4 is 40.1 Å². The van der Waals surface area contributed by atoms with Gasteiger partial charge in [-0.2, -0.15) is 0 Å². The molecule has 5 rings (SSSR count). The smallest absolute Gasteiger partial charge is 0.243 e. The minimum Gasteiger partial charge on any atom is -0.350 e. The molecule has 3 heterocycles. The van der Waals surface area contributed by atoms with E-state index in [1.165, 1.54) is 13.0 Å². The summed E-state index contributed by atoms with van der Waals surface area (Å²) in [7, 11) is 0. The first kappa shape index (κ1) is 21.6. The van der Waals surface area contributed by atoms with Crippen LogP contribution in [0, 0.1) is 17.7 Å². The first-order valence-corrected chi connectivity index (χ1v) is 11.2. The summed E-state index contributed by atoms with van der Waals surface area (Å²) in [5.74, 6) is -0.719. The van der Waals surface area contributed by atoms with Gasteiger partial charge in [-0.1, -0.05) is 23.7 Å². The molecule has 0 radical (unpaired) electrons. The van der Waals surface area contributed by atoms with E-state index in [9.17, 15) is 18.8 Å². The standard InChI is InChI=1S/C24H22ClFN4O3/c1-13(31)18-11-29(20-9-27-6-5-16(18)20)12-21(32)30-10-15-7-17(15)23(30)24(33)28-8-14-3-2-4-19(25)22(14)26/h2-6,9,11,15,17,23H,7-8,10,12H2,1H3,(H,28,33)/t15-,17-,23-/m0/s1. The van der Waals surface area contributed by atoms with Gasteiger partial charge in [-0.05, 0) is 37.3 Å². The monoisotopic (exact) mass is 468 g/mol. The van der Waals surface area contributed by atoms with Crippen molar-refractivity contribution in [3.05, 3.63) is 64.8 Å². The Morgan fingerprint density at radius 3 is 2.88 bits per heavy atom. The number of rotatable bonds is 6. The molecule has 2 fully saturated rings. The van der Waals surface area contributed by atoms with Crippen LogP contribution in [0.5, 0.6) is 0 Å². The highest BCUT2D eigenvalue weighted by Gasteiger charge is 2.56. The number of hydrogen-bond donors (Lipinski definition) is 1. The molecule has 1 aliphatic heterocycles. The van der Waals surface area contributed by atoms with E-state index in [0.717, 1.165) is 11.8 Å². The maximum atomic E-state index is 14.2. The number of hydrogen-bond acceptors (Lipinski definition) is 4. The van der Waals surface area contributed by atoms with Crippen molar-refractivity contribution in [3.8, 4) is 0 Å². The van der Waals surface area contributed by atoms with Gasteiger partial charge in [0, 0.05) is 42.0 Å². The maximum absolute atomic E-state index is 14.2. The lowest BCUT2D eigenvalue weighted by atomic mass is 10.1. The Labute approximate surface area is 194 Å². The van der Waals surface area contributed by atoms with Crippen molar-refractivity contribution in [3.63, 3.8) is 0 Å². The molecule has 1 saturated carbocycles. The van der Waals surface area contributed by atoms with Gasteiger partial charge < -0.3 is 14.8 Å². The van der Waals surface area contributed by atoms with Crippen molar-refractivity contribution in [1.29, 1.82) is 0 Å². The third-order valence-electron chi connectivity index (χ3n) is 6.59. The molecule has 1 N–H and O–H groups in total. The van der Waals surface area contributed by atoms with E-state index >= 15 is 0 Å². The van der Waals surface area contributed by atoms with E-state index < -0.39 is 11.9 Å². The molecule has 3 aromatic rings. The van der Waals surface area contributed by atoms with Crippen molar-refractivity contribution in [2.45, 2.75) is 32.5 Å². The molecule has 2 aromatic heterocycles. The fourth-order valence-corrected chi connectivity index (χ4v) is 5.01. The van der Waals surface area contributed by atoms with Gasteiger partial charge in [0.15, 0.2) is 5.78 Å².